The van der Waals surface area contributed by atoms with Gasteiger partial charge in [-0.05, 0) is 11.6 Å². The number of nitrogens with one attached hydrogen (secondary N) is 2. The van der Waals surface area contributed by atoms with Crippen LogP contribution in [0.3, 0.4) is 0 Å². The fourth-order valence-electron chi connectivity index (χ4n) is 2.50. The third-order valence-corrected chi connectivity index (χ3v) is 4.93. The summed E-state index contributed by atoms with van der Waals surface area (Å²) in [6.45, 7) is 6.27. The quantitative estimate of drug-likeness (QED) is 0.881. The highest BCUT2D eigenvalue weighted by molar-refractivity contribution is 7.91. The van der Waals surface area contributed by atoms with E-state index in [4.69, 9.17) is 4.52 Å². The lowest BCUT2D eigenvalue weighted by Gasteiger charge is -2.12. The van der Waals surface area contributed by atoms with E-state index in [-0.39, 0.29) is 22.8 Å². The SMILES string of the molecule is CC(C)(C)c1cc(CS(=O)(=O)Nc2cccc3c2C(=O)NC3)no1. The van der Waals surface area contributed by atoms with Crippen LogP contribution in [0.1, 0.15) is 48.1 Å². The van der Waals surface area contributed by atoms with Gasteiger partial charge in [0.1, 0.15) is 17.2 Å². The van der Waals surface area contributed by atoms with Gasteiger partial charge in [0.05, 0.1) is 11.3 Å². The molecule has 0 bridgehead atoms. The van der Waals surface area contributed by atoms with E-state index in [0.29, 0.717) is 23.6 Å². The van der Waals surface area contributed by atoms with Crippen LogP contribution in [0.4, 0.5) is 5.69 Å². The van der Waals surface area contributed by atoms with E-state index in [0.717, 1.165) is 5.56 Å². The Labute approximate surface area is 140 Å². The monoisotopic (exact) mass is 349 g/mol. The Morgan fingerprint density at radius 1 is 1.33 bits per heavy atom. The van der Waals surface area contributed by atoms with E-state index in [2.05, 4.69) is 15.2 Å². The number of hydrogen-bond acceptors (Lipinski definition) is 5. The largest absolute Gasteiger partial charge is 0.361 e. The second kappa shape index (κ2) is 5.62. The molecule has 2 aromatic rings. The lowest BCUT2D eigenvalue weighted by atomic mass is 9.93. The number of sulfonamides is 1. The molecule has 24 heavy (non-hydrogen) atoms. The summed E-state index contributed by atoms with van der Waals surface area (Å²) in [6, 6.07) is 6.72. The van der Waals surface area contributed by atoms with Gasteiger partial charge in [-0.25, -0.2) is 8.42 Å². The molecule has 0 fully saturated rings. The van der Waals surface area contributed by atoms with E-state index < -0.39 is 10.0 Å². The highest BCUT2D eigenvalue weighted by Crippen LogP contribution is 2.26. The first-order chi connectivity index (χ1) is 11.2. The molecule has 1 aliphatic heterocycles. The number of hydrogen-bond donors (Lipinski definition) is 2. The molecule has 7 nitrogen and oxygen atoms in total. The summed E-state index contributed by atoms with van der Waals surface area (Å²) in [5, 5.41) is 6.50. The third-order valence-electron chi connectivity index (χ3n) is 3.72. The minimum Gasteiger partial charge on any atom is -0.361 e. The standard InChI is InChI=1S/C16H19N3O4S/c1-16(2,3)13-7-11(18-23-13)9-24(21,22)19-12-6-4-5-10-8-17-15(20)14(10)12/h4-7,19H,8-9H2,1-3H3,(H,17,20). The Kier molecular flexibility index (Phi) is 3.87. The summed E-state index contributed by atoms with van der Waals surface area (Å²) >= 11 is 0. The molecule has 1 amide bonds. The van der Waals surface area contributed by atoms with Gasteiger partial charge in [0.15, 0.2) is 0 Å². The highest BCUT2D eigenvalue weighted by atomic mass is 32.2. The fraction of sp³-hybridized carbons (Fsp3) is 0.375. The van der Waals surface area contributed by atoms with E-state index >= 15 is 0 Å². The average Bonchev–Trinajstić information content (AvgIpc) is 3.05. The molecular weight excluding hydrogens is 330 g/mol. The van der Waals surface area contributed by atoms with E-state index in [1.54, 1.807) is 24.3 Å². The molecule has 0 spiro atoms. The summed E-state index contributed by atoms with van der Waals surface area (Å²) in [4.78, 5) is 11.9. The maximum Gasteiger partial charge on any atom is 0.254 e. The van der Waals surface area contributed by atoms with Crippen molar-refractivity contribution >= 4 is 21.6 Å². The van der Waals surface area contributed by atoms with E-state index in [1.165, 1.54) is 0 Å². The van der Waals surface area contributed by atoms with Gasteiger partial charge in [0.25, 0.3) is 5.91 Å². The molecule has 0 radical (unpaired) electrons. The minimum absolute atomic E-state index is 0.249. The molecule has 1 aromatic carbocycles. The van der Waals surface area contributed by atoms with Crippen molar-refractivity contribution in [2.75, 3.05) is 4.72 Å². The van der Waals surface area contributed by atoms with Gasteiger partial charge >= 0.3 is 0 Å². The van der Waals surface area contributed by atoms with Gasteiger partial charge in [-0.3, -0.25) is 9.52 Å². The molecular formula is C16H19N3O4S. The van der Waals surface area contributed by atoms with Crippen molar-refractivity contribution in [2.45, 2.75) is 38.5 Å². The Bertz CT molecular complexity index is 894. The van der Waals surface area contributed by atoms with Crippen LogP contribution in [0.15, 0.2) is 28.8 Å². The maximum absolute atomic E-state index is 12.4. The molecule has 0 saturated carbocycles. The molecule has 8 heteroatoms. The van der Waals surface area contributed by atoms with Gasteiger partial charge in [-0.15, -0.1) is 0 Å². The molecule has 2 heterocycles. The number of carbonyl (C=O) groups excluding carboxylic acids is 1. The molecule has 1 aromatic heterocycles. The zero-order valence-corrected chi connectivity index (χ0v) is 14.5. The normalized spacial score (nSPS) is 14.4. The Morgan fingerprint density at radius 2 is 2.08 bits per heavy atom. The van der Waals surface area contributed by atoms with Crippen molar-refractivity contribution < 1.29 is 17.7 Å². The second-order valence-corrected chi connectivity index (χ2v) is 8.54. The molecule has 128 valence electrons. The van der Waals surface area contributed by atoms with Crippen molar-refractivity contribution in [3.05, 3.63) is 46.8 Å². The van der Waals surface area contributed by atoms with Crippen molar-refractivity contribution in [1.29, 1.82) is 0 Å². The first-order valence-corrected chi connectivity index (χ1v) is 9.17. The molecule has 3 rings (SSSR count). The first kappa shape index (κ1) is 16.5. The van der Waals surface area contributed by atoms with E-state index in [9.17, 15) is 13.2 Å². The van der Waals surface area contributed by atoms with Gasteiger partial charge < -0.3 is 9.84 Å². The highest BCUT2D eigenvalue weighted by Gasteiger charge is 2.26. The Morgan fingerprint density at radius 3 is 2.75 bits per heavy atom. The summed E-state index contributed by atoms with van der Waals surface area (Å²) in [5.74, 6) is 0.0187. The topological polar surface area (TPSA) is 101 Å². The van der Waals surface area contributed by atoms with Crippen LogP contribution >= 0.6 is 0 Å². The van der Waals surface area contributed by atoms with Crippen LogP contribution in [0.25, 0.3) is 0 Å². The lowest BCUT2D eigenvalue weighted by Crippen LogP contribution is -2.19. The third kappa shape index (κ3) is 3.28. The fourth-order valence-corrected chi connectivity index (χ4v) is 3.60. The average molecular weight is 349 g/mol. The number of anilines is 1. The second-order valence-electron chi connectivity index (χ2n) is 6.82. The number of nitrogens with zero attached hydrogens (tertiary/aromatic N) is 1. The molecule has 2 N–H and O–H groups in total. The van der Waals surface area contributed by atoms with Crippen molar-refractivity contribution in [3.8, 4) is 0 Å². The van der Waals surface area contributed by atoms with Crippen LogP contribution < -0.4 is 10.0 Å². The van der Waals surface area contributed by atoms with Gasteiger partial charge in [0, 0.05) is 18.0 Å². The smallest absolute Gasteiger partial charge is 0.254 e. The van der Waals surface area contributed by atoms with E-state index in [1.807, 2.05) is 20.8 Å². The van der Waals surface area contributed by atoms with Crippen LogP contribution in [0.2, 0.25) is 0 Å². The zero-order valence-electron chi connectivity index (χ0n) is 13.7. The number of carbonyl (C=O) groups is 1. The zero-order chi connectivity index (χ0) is 17.5. The predicted molar refractivity (Wildman–Crippen MR) is 89.1 cm³/mol. The molecule has 0 aliphatic carbocycles. The van der Waals surface area contributed by atoms with Crippen molar-refractivity contribution in [3.63, 3.8) is 0 Å². The molecule has 0 atom stereocenters. The number of aromatic nitrogens is 1. The van der Waals surface area contributed by atoms with Crippen LogP contribution in [-0.4, -0.2) is 19.5 Å². The summed E-state index contributed by atoms with van der Waals surface area (Å²) in [5.41, 5.74) is 1.50. The number of amides is 1. The number of rotatable bonds is 4. The van der Waals surface area contributed by atoms with Gasteiger partial charge in [-0.2, -0.15) is 0 Å². The van der Waals surface area contributed by atoms with Crippen LogP contribution in [0.5, 0.6) is 0 Å². The van der Waals surface area contributed by atoms with Crippen LogP contribution in [0, 0.1) is 0 Å². The van der Waals surface area contributed by atoms with Gasteiger partial charge in [-0.1, -0.05) is 38.1 Å². The van der Waals surface area contributed by atoms with Crippen LogP contribution in [-0.2, 0) is 27.7 Å². The number of fused-ring (bicyclic) bond motifs is 1. The molecule has 0 saturated heterocycles. The minimum atomic E-state index is -3.72. The Balaban J connectivity index is 1.82. The lowest BCUT2D eigenvalue weighted by molar-refractivity contribution is 0.0966. The van der Waals surface area contributed by atoms with Gasteiger partial charge in [0.2, 0.25) is 10.0 Å². The first-order valence-electron chi connectivity index (χ1n) is 7.52. The molecule has 0 unspecified atom stereocenters. The summed E-state index contributed by atoms with van der Waals surface area (Å²) in [7, 11) is -3.72. The maximum atomic E-state index is 12.4. The predicted octanol–water partition coefficient (Wildman–Crippen LogP) is 2.16. The summed E-state index contributed by atoms with van der Waals surface area (Å²) in [6.07, 6.45) is 0. The number of benzene rings is 1. The summed E-state index contributed by atoms with van der Waals surface area (Å²) < 4.78 is 32.5. The Hall–Kier alpha value is -2.35. The van der Waals surface area contributed by atoms with Crippen molar-refractivity contribution in [2.24, 2.45) is 0 Å². The molecule has 1 aliphatic rings. The van der Waals surface area contributed by atoms with Crippen molar-refractivity contribution in [1.82, 2.24) is 10.5 Å².